The van der Waals surface area contributed by atoms with Crippen LogP contribution in [-0.4, -0.2) is 23.9 Å². The molecule has 0 saturated carbocycles. The number of ether oxygens (including phenoxy) is 1. The molecule has 28 heavy (non-hydrogen) atoms. The van der Waals surface area contributed by atoms with Crippen molar-refractivity contribution < 1.29 is 19.2 Å². The molecule has 0 spiro atoms. The van der Waals surface area contributed by atoms with Gasteiger partial charge in [-0.2, -0.15) is 0 Å². The molecule has 8 heteroatoms. The molecule has 146 valence electrons. The molecule has 7 nitrogen and oxygen atoms in total. The molecule has 1 aliphatic carbocycles. The molecule has 0 bridgehead atoms. The summed E-state index contributed by atoms with van der Waals surface area (Å²) in [4.78, 5) is 36.1. The van der Waals surface area contributed by atoms with Gasteiger partial charge in [0.05, 0.1) is 17.6 Å². The second-order valence-corrected chi connectivity index (χ2v) is 7.54. The summed E-state index contributed by atoms with van der Waals surface area (Å²) >= 11 is 1.42. The number of non-ortho nitro benzene ring substituents is 1. The van der Waals surface area contributed by atoms with E-state index in [-0.39, 0.29) is 5.69 Å². The molecule has 1 aliphatic rings. The fourth-order valence-electron chi connectivity index (χ4n) is 3.22. The van der Waals surface area contributed by atoms with Crippen LogP contribution in [0.4, 0.5) is 10.7 Å². The molecular weight excluding hydrogens is 380 g/mol. The maximum absolute atomic E-state index is 12.4. The predicted molar refractivity (Wildman–Crippen MR) is 108 cm³/mol. The lowest BCUT2D eigenvalue weighted by molar-refractivity contribution is -0.384. The second kappa shape index (κ2) is 8.79. The monoisotopic (exact) mass is 400 g/mol. The number of hydrogen-bond acceptors (Lipinski definition) is 6. The number of thiophene rings is 1. The van der Waals surface area contributed by atoms with E-state index in [1.807, 2.05) is 0 Å². The average molecular weight is 400 g/mol. The minimum atomic E-state index is -0.487. The molecule has 1 amide bonds. The maximum Gasteiger partial charge on any atom is 0.341 e. The summed E-state index contributed by atoms with van der Waals surface area (Å²) in [5.74, 6) is -0.856. The van der Waals surface area contributed by atoms with Crippen molar-refractivity contribution in [1.29, 1.82) is 0 Å². The fraction of sp³-hybridized carbons (Fsp3) is 0.300. The fourth-order valence-corrected chi connectivity index (χ4v) is 4.50. The highest BCUT2D eigenvalue weighted by Crippen LogP contribution is 2.38. The van der Waals surface area contributed by atoms with Gasteiger partial charge in [0.15, 0.2) is 0 Å². The van der Waals surface area contributed by atoms with Gasteiger partial charge in [0.1, 0.15) is 5.00 Å². The molecule has 0 fully saturated rings. The van der Waals surface area contributed by atoms with Crippen molar-refractivity contribution in [2.45, 2.75) is 32.1 Å². The summed E-state index contributed by atoms with van der Waals surface area (Å²) in [6, 6.07) is 6.00. The molecule has 1 aromatic carbocycles. The zero-order valence-electron chi connectivity index (χ0n) is 15.4. The first-order valence-corrected chi connectivity index (χ1v) is 9.77. The molecule has 0 radical (unpaired) electrons. The van der Waals surface area contributed by atoms with Crippen molar-refractivity contribution in [3.05, 3.63) is 62.0 Å². The number of esters is 1. The molecule has 2 aromatic rings. The topological polar surface area (TPSA) is 98.5 Å². The van der Waals surface area contributed by atoms with Crippen molar-refractivity contribution in [2.24, 2.45) is 0 Å². The maximum atomic E-state index is 12.4. The van der Waals surface area contributed by atoms with Crippen LogP contribution in [0.15, 0.2) is 30.3 Å². The van der Waals surface area contributed by atoms with E-state index in [9.17, 15) is 19.7 Å². The molecule has 1 heterocycles. The zero-order chi connectivity index (χ0) is 20.1. The van der Waals surface area contributed by atoms with E-state index >= 15 is 0 Å². The van der Waals surface area contributed by atoms with Crippen LogP contribution >= 0.6 is 11.3 Å². The van der Waals surface area contributed by atoms with Gasteiger partial charge in [-0.25, -0.2) is 4.79 Å². The van der Waals surface area contributed by atoms with E-state index in [1.165, 1.54) is 42.7 Å². The Labute approximate surface area is 166 Å². The average Bonchev–Trinajstić information content (AvgIpc) is 2.86. The quantitative estimate of drug-likeness (QED) is 0.264. The highest BCUT2D eigenvalue weighted by atomic mass is 32.1. The van der Waals surface area contributed by atoms with Crippen molar-refractivity contribution in [3.8, 4) is 0 Å². The van der Waals surface area contributed by atoms with Crippen LogP contribution < -0.4 is 5.32 Å². The third-order valence-corrected chi connectivity index (χ3v) is 5.76. The number of nitro groups is 1. The number of hydrogen-bond donors (Lipinski definition) is 1. The minimum absolute atomic E-state index is 0.0440. The lowest BCUT2D eigenvalue weighted by Crippen LogP contribution is -2.12. The first-order valence-electron chi connectivity index (χ1n) is 8.96. The molecule has 1 N–H and O–H groups in total. The summed E-state index contributed by atoms with van der Waals surface area (Å²) in [5, 5.41) is 14.1. The lowest BCUT2D eigenvalue weighted by atomic mass is 10.1. The largest absolute Gasteiger partial charge is 0.465 e. The Morgan fingerprint density at radius 2 is 2.04 bits per heavy atom. The van der Waals surface area contributed by atoms with Gasteiger partial charge in [-0.3, -0.25) is 14.9 Å². The Hall–Kier alpha value is -3.00. The normalized spacial score (nSPS) is 13.6. The SMILES string of the molecule is COC(=O)c1c(NC(=O)/C=C/c2cccc([N+](=O)[O-])c2)sc2c1CCCCC2. The highest BCUT2D eigenvalue weighted by molar-refractivity contribution is 7.17. The Balaban J connectivity index is 1.81. The van der Waals surface area contributed by atoms with Crippen LogP contribution in [-0.2, 0) is 22.4 Å². The Morgan fingerprint density at radius 1 is 1.25 bits per heavy atom. The van der Waals surface area contributed by atoms with Crippen LogP contribution in [0.1, 0.15) is 45.6 Å². The van der Waals surface area contributed by atoms with E-state index in [0.717, 1.165) is 42.5 Å². The number of anilines is 1. The van der Waals surface area contributed by atoms with E-state index in [0.29, 0.717) is 16.1 Å². The number of carbonyl (C=O) groups excluding carboxylic acids is 2. The number of amides is 1. The molecule has 3 rings (SSSR count). The third-order valence-electron chi connectivity index (χ3n) is 4.56. The Bertz CT molecular complexity index is 948. The highest BCUT2D eigenvalue weighted by Gasteiger charge is 2.25. The van der Waals surface area contributed by atoms with Crippen molar-refractivity contribution in [1.82, 2.24) is 0 Å². The van der Waals surface area contributed by atoms with Gasteiger partial charge in [-0.05, 0) is 42.9 Å². The van der Waals surface area contributed by atoms with Crippen molar-refractivity contribution in [3.63, 3.8) is 0 Å². The molecule has 0 saturated heterocycles. The number of carbonyl (C=O) groups is 2. The van der Waals surface area contributed by atoms with Crippen LogP contribution in [0.2, 0.25) is 0 Å². The Morgan fingerprint density at radius 3 is 2.79 bits per heavy atom. The van der Waals surface area contributed by atoms with Crippen LogP contribution in [0.5, 0.6) is 0 Å². The van der Waals surface area contributed by atoms with Gasteiger partial charge >= 0.3 is 5.97 Å². The first-order chi connectivity index (χ1) is 13.5. The number of fused-ring (bicyclic) bond motifs is 1. The summed E-state index contributed by atoms with van der Waals surface area (Å²) in [5.41, 5.74) is 1.92. The molecule has 0 unspecified atom stereocenters. The molecule has 0 atom stereocenters. The predicted octanol–water partition coefficient (Wildman–Crippen LogP) is 4.36. The minimum Gasteiger partial charge on any atom is -0.465 e. The van der Waals surface area contributed by atoms with E-state index in [1.54, 1.807) is 12.1 Å². The standard InChI is InChI=1S/C20H20N2O5S/c1-27-20(24)18-15-8-3-2-4-9-16(15)28-19(18)21-17(23)11-10-13-6-5-7-14(12-13)22(25)26/h5-7,10-12H,2-4,8-9H2,1H3,(H,21,23)/b11-10+. The number of nitrogens with one attached hydrogen (secondary N) is 1. The number of rotatable bonds is 5. The summed E-state index contributed by atoms with van der Waals surface area (Å²) < 4.78 is 4.92. The van der Waals surface area contributed by atoms with Crippen LogP contribution in [0.3, 0.4) is 0 Å². The summed E-state index contributed by atoms with van der Waals surface area (Å²) in [6.45, 7) is 0. The second-order valence-electron chi connectivity index (χ2n) is 6.43. The van der Waals surface area contributed by atoms with Gasteiger partial charge in [0.2, 0.25) is 5.91 Å². The summed E-state index contributed by atoms with van der Waals surface area (Å²) in [6.07, 6.45) is 7.68. The van der Waals surface area contributed by atoms with Gasteiger partial charge in [-0.15, -0.1) is 11.3 Å². The Kier molecular flexibility index (Phi) is 6.20. The van der Waals surface area contributed by atoms with Crippen molar-refractivity contribution in [2.75, 3.05) is 12.4 Å². The third kappa shape index (κ3) is 4.45. The molecular formula is C20H20N2O5S. The smallest absolute Gasteiger partial charge is 0.341 e. The number of methoxy groups -OCH3 is 1. The van der Waals surface area contributed by atoms with Crippen LogP contribution in [0, 0.1) is 10.1 Å². The summed E-state index contributed by atoms with van der Waals surface area (Å²) in [7, 11) is 1.33. The number of nitrogens with zero attached hydrogens (tertiary/aromatic N) is 1. The molecule has 1 aromatic heterocycles. The zero-order valence-corrected chi connectivity index (χ0v) is 16.2. The number of nitro benzene ring substituents is 1. The van der Waals surface area contributed by atoms with E-state index < -0.39 is 16.8 Å². The number of benzene rings is 1. The van der Waals surface area contributed by atoms with E-state index in [4.69, 9.17) is 4.74 Å². The molecule has 0 aliphatic heterocycles. The van der Waals surface area contributed by atoms with Gasteiger partial charge in [0, 0.05) is 23.1 Å². The van der Waals surface area contributed by atoms with Crippen molar-refractivity contribution >= 4 is 40.0 Å². The first kappa shape index (κ1) is 19.8. The number of aryl methyl sites for hydroxylation is 1. The lowest BCUT2D eigenvalue weighted by Gasteiger charge is -2.06. The van der Waals surface area contributed by atoms with Gasteiger partial charge < -0.3 is 10.1 Å². The van der Waals surface area contributed by atoms with Gasteiger partial charge in [-0.1, -0.05) is 18.6 Å². The van der Waals surface area contributed by atoms with Crippen LogP contribution in [0.25, 0.3) is 6.08 Å². The van der Waals surface area contributed by atoms with Gasteiger partial charge in [0.25, 0.3) is 5.69 Å². The van der Waals surface area contributed by atoms with E-state index in [2.05, 4.69) is 5.32 Å².